The van der Waals surface area contributed by atoms with Crippen LogP contribution in [0.25, 0.3) is 0 Å². The number of para-hydroxylation sites is 1. The quantitative estimate of drug-likeness (QED) is 0.687. The molecule has 0 aliphatic heterocycles. The molecule has 0 fully saturated rings. The molecule has 0 heterocycles. The van der Waals surface area contributed by atoms with Crippen LogP contribution in [-0.2, 0) is 10.0 Å². The topological polar surface area (TPSA) is 78.4 Å². The molecule has 21 heavy (non-hydrogen) atoms. The SMILES string of the molecule is CC(C)NS(=O)(=O)c1ccccc1NC(CCO)C(C)C. The van der Waals surface area contributed by atoms with Crippen molar-refractivity contribution in [1.29, 1.82) is 0 Å². The van der Waals surface area contributed by atoms with Crippen LogP contribution < -0.4 is 10.0 Å². The van der Waals surface area contributed by atoms with E-state index in [0.29, 0.717) is 12.1 Å². The highest BCUT2D eigenvalue weighted by Crippen LogP contribution is 2.24. The third-order valence-corrected chi connectivity index (χ3v) is 4.87. The van der Waals surface area contributed by atoms with Crippen LogP contribution in [0.5, 0.6) is 0 Å². The molecule has 0 aliphatic carbocycles. The number of aliphatic hydroxyl groups is 1. The molecule has 0 aliphatic rings. The van der Waals surface area contributed by atoms with Gasteiger partial charge in [-0.15, -0.1) is 0 Å². The van der Waals surface area contributed by atoms with Gasteiger partial charge in [0, 0.05) is 18.7 Å². The van der Waals surface area contributed by atoms with E-state index in [4.69, 9.17) is 5.11 Å². The van der Waals surface area contributed by atoms with Crippen LogP contribution in [0, 0.1) is 5.92 Å². The Morgan fingerprint density at radius 2 is 1.76 bits per heavy atom. The molecule has 5 nitrogen and oxygen atoms in total. The first-order valence-electron chi connectivity index (χ1n) is 7.26. The smallest absolute Gasteiger partial charge is 0.242 e. The van der Waals surface area contributed by atoms with Crippen molar-refractivity contribution in [2.75, 3.05) is 11.9 Å². The lowest BCUT2D eigenvalue weighted by Gasteiger charge is -2.24. The molecule has 0 saturated heterocycles. The van der Waals surface area contributed by atoms with Crippen LogP contribution in [0.4, 0.5) is 5.69 Å². The average molecular weight is 314 g/mol. The van der Waals surface area contributed by atoms with Gasteiger partial charge in [0.05, 0.1) is 5.69 Å². The Bertz CT molecular complexity index is 542. The van der Waals surface area contributed by atoms with Crippen LogP contribution in [-0.4, -0.2) is 32.2 Å². The zero-order valence-corrected chi connectivity index (χ0v) is 13.9. The van der Waals surface area contributed by atoms with Crippen LogP contribution >= 0.6 is 0 Å². The van der Waals surface area contributed by atoms with Crippen molar-refractivity contribution in [3.63, 3.8) is 0 Å². The molecule has 1 aromatic carbocycles. The van der Waals surface area contributed by atoms with Gasteiger partial charge < -0.3 is 10.4 Å². The maximum atomic E-state index is 12.4. The first-order chi connectivity index (χ1) is 9.77. The molecule has 3 N–H and O–H groups in total. The monoisotopic (exact) mass is 314 g/mol. The van der Waals surface area contributed by atoms with Crippen molar-refractivity contribution < 1.29 is 13.5 Å². The van der Waals surface area contributed by atoms with E-state index in [1.165, 1.54) is 0 Å². The van der Waals surface area contributed by atoms with Crippen LogP contribution in [0.2, 0.25) is 0 Å². The molecular formula is C15H26N2O3S. The molecule has 0 amide bonds. The Morgan fingerprint density at radius 3 is 2.29 bits per heavy atom. The molecule has 120 valence electrons. The van der Waals surface area contributed by atoms with Crippen molar-refractivity contribution >= 4 is 15.7 Å². The highest BCUT2D eigenvalue weighted by Gasteiger charge is 2.21. The van der Waals surface area contributed by atoms with Crippen LogP contribution in [0.15, 0.2) is 29.2 Å². The lowest BCUT2D eigenvalue weighted by Crippen LogP contribution is -2.32. The first kappa shape index (κ1) is 17.9. The van der Waals surface area contributed by atoms with Gasteiger partial charge in [-0.3, -0.25) is 0 Å². The number of hydrogen-bond acceptors (Lipinski definition) is 4. The molecule has 6 heteroatoms. The highest BCUT2D eigenvalue weighted by molar-refractivity contribution is 7.89. The van der Waals surface area contributed by atoms with Crippen molar-refractivity contribution in [3.05, 3.63) is 24.3 Å². The van der Waals surface area contributed by atoms with Gasteiger partial charge in [0.1, 0.15) is 4.90 Å². The minimum Gasteiger partial charge on any atom is -0.396 e. The summed E-state index contributed by atoms with van der Waals surface area (Å²) < 4.78 is 27.3. The Hall–Kier alpha value is -1.11. The predicted octanol–water partition coefficient (Wildman–Crippen LogP) is 2.19. The minimum atomic E-state index is -3.55. The zero-order chi connectivity index (χ0) is 16.0. The van der Waals surface area contributed by atoms with Gasteiger partial charge in [-0.25, -0.2) is 13.1 Å². The van der Waals surface area contributed by atoms with Crippen LogP contribution in [0.1, 0.15) is 34.1 Å². The molecular weight excluding hydrogens is 288 g/mol. The summed E-state index contributed by atoms with van der Waals surface area (Å²) in [5.41, 5.74) is 0.567. The van der Waals surface area contributed by atoms with E-state index < -0.39 is 10.0 Å². The van der Waals surface area contributed by atoms with Gasteiger partial charge in [-0.1, -0.05) is 26.0 Å². The summed E-state index contributed by atoms with van der Waals surface area (Å²) in [4.78, 5) is 0.238. The fraction of sp³-hybridized carbons (Fsp3) is 0.600. The van der Waals surface area contributed by atoms with Crippen molar-refractivity contribution in [2.45, 2.75) is 51.1 Å². The Kier molecular flexibility index (Phi) is 6.64. The number of anilines is 1. The molecule has 1 atom stereocenters. The number of rotatable bonds is 8. The third-order valence-electron chi connectivity index (χ3n) is 3.15. The summed E-state index contributed by atoms with van der Waals surface area (Å²) in [6, 6.07) is 6.70. The maximum absolute atomic E-state index is 12.4. The minimum absolute atomic E-state index is 0.0189. The standard InChI is InChI=1S/C15H26N2O3S/c1-11(2)13(9-10-18)16-14-7-5-6-8-15(14)21(19,20)17-12(3)4/h5-8,11-13,16-18H,9-10H2,1-4H3. The number of aliphatic hydroxyl groups excluding tert-OH is 1. The van der Waals surface area contributed by atoms with Gasteiger partial charge in [-0.2, -0.15) is 0 Å². The first-order valence-corrected chi connectivity index (χ1v) is 8.75. The van der Waals surface area contributed by atoms with E-state index >= 15 is 0 Å². The summed E-state index contributed by atoms with van der Waals surface area (Å²) in [6.45, 7) is 7.72. The molecule has 0 saturated carbocycles. The normalized spacial score (nSPS) is 13.7. The third kappa shape index (κ3) is 5.30. The second-order valence-corrected chi connectivity index (χ2v) is 7.46. The van der Waals surface area contributed by atoms with Crippen molar-refractivity contribution in [1.82, 2.24) is 4.72 Å². The number of benzene rings is 1. The van der Waals surface area contributed by atoms with E-state index in [0.717, 1.165) is 0 Å². The van der Waals surface area contributed by atoms with Gasteiger partial charge in [0.25, 0.3) is 0 Å². The predicted molar refractivity (Wildman–Crippen MR) is 85.9 cm³/mol. The summed E-state index contributed by atoms with van der Waals surface area (Å²) in [5.74, 6) is 0.283. The molecule has 0 bridgehead atoms. The molecule has 1 unspecified atom stereocenters. The lowest BCUT2D eigenvalue weighted by molar-refractivity contribution is 0.267. The Balaban J connectivity index is 3.09. The fourth-order valence-corrected chi connectivity index (χ4v) is 3.53. The maximum Gasteiger partial charge on any atom is 0.242 e. The molecule has 0 radical (unpaired) electrons. The van der Waals surface area contributed by atoms with E-state index in [1.807, 2.05) is 13.8 Å². The summed E-state index contributed by atoms with van der Waals surface area (Å²) >= 11 is 0. The van der Waals surface area contributed by atoms with Gasteiger partial charge in [0.2, 0.25) is 10.0 Å². The van der Waals surface area contributed by atoms with Gasteiger partial charge >= 0.3 is 0 Å². The lowest BCUT2D eigenvalue weighted by atomic mass is 10.0. The molecule has 0 spiro atoms. The number of hydrogen-bond donors (Lipinski definition) is 3. The van der Waals surface area contributed by atoms with Gasteiger partial charge in [-0.05, 0) is 38.3 Å². The number of sulfonamides is 1. The van der Waals surface area contributed by atoms with E-state index in [9.17, 15) is 8.42 Å². The van der Waals surface area contributed by atoms with Crippen LogP contribution in [0.3, 0.4) is 0 Å². The van der Waals surface area contributed by atoms with E-state index in [2.05, 4.69) is 10.0 Å². The molecule has 0 aromatic heterocycles. The Morgan fingerprint density at radius 1 is 1.14 bits per heavy atom. The van der Waals surface area contributed by atoms with E-state index in [1.54, 1.807) is 38.1 Å². The summed E-state index contributed by atoms with van der Waals surface area (Å²) in [6.07, 6.45) is 0.573. The Labute approximate surface area is 127 Å². The van der Waals surface area contributed by atoms with E-state index in [-0.39, 0.29) is 29.5 Å². The highest BCUT2D eigenvalue weighted by atomic mass is 32.2. The summed E-state index contributed by atoms with van der Waals surface area (Å²) in [5, 5.41) is 12.4. The average Bonchev–Trinajstić information content (AvgIpc) is 2.37. The largest absolute Gasteiger partial charge is 0.396 e. The zero-order valence-electron chi connectivity index (χ0n) is 13.1. The molecule has 1 aromatic rings. The van der Waals surface area contributed by atoms with Gasteiger partial charge in [0.15, 0.2) is 0 Å². The summed E-state index contributed by atoms with van der Waals surface area (Å²) in [7, 11) is -3.55. The van der Waals surface area contributed by atoms with Crippen molar-refractivity contribution in [3.8, 4) is 0 Å². The molecule has 1 rings (SSSR count). The second-order valence-electron chi connectivity index (χ2n) is 5.78. The fourth-order valence-electron chi connectivity index (χ4n) is 2.10. The van der Waals surface area contributed by atoms with Crippen molar-refractivity contribution in [2.24, 2.45) is 5.92 Å². The second kappa shape index (κ2) is 7.77. The number of nitrogens with one attached hydrogen (secondary N) is 2.